The number of nitrogens with zero attached hydrogens (tertiary/aromatic N) is 4. The largest absolute Gasteiger partial charge is 0.497 e. The highest BCUT2D eigenvalue weighted by atomic mass is 16.5. The Bertz CT molecular complexity index is 546. The van der Waals surface area contributed by atoms with Crippen LogP contribution in [0.5, 0.6) is 5.75 Å². The lowest BCUT2D eigenvalue weighted by atomic mass is 10.1. The lowest BCUT2D eigenvalue weighted by Gasteiger charge is -2.03. The molecule has 0 saturated heterocycles. The summed E-state index contributed by atoms with van der Waals surface area (Å²) < 4.78 is 5.09. The van der Waals surface area contributed by atoms with Gasteiger partial charge in [0, 0.05) is 16.5 Å². The van der Waals surface area contributed by atoms with Crippen LogP contribution in [0.1, 0.15) is 0 Å². The molecule has 5 heteroatoms. The number of rotatable bonds is 2. The van der Waals surface area contributed by atoms with Crippen molar-refractivity contribution in [2.75, 3.05) is 7.11 Å². The van der Waals surface area contributed by atoms with E-state index in [1.54, 1.807) is 19.4 Å². The fourth-order valence-corrected chi connectivity index (χ4v) is 1.38. The average molecular weight is 200 g/mol. The number of ether oxygens (including phenoxy) is 1. The Morgan fingerprint density at radius 2 is 2.27 bits per heavy atom. The quantitative estimate of drug-likeness (QED) is 0.424. The molecule has 15 heavy (non-hydrogen) atoms. The van der Waals surface area contributed by atoms with Gasteiger partial charge in [0.25, 0.3) is 0 Å². The van der Waals surface area contributed by atoms with E-state index in [-0.39, 0.29) is 0 Å². The summed E-state index contributed by atoms with van der Waals surface area (Å²) in [5.41, 5.74) is 8.39. The lowest BCUT2D eigenvalue weighted by Crippen LogP contribution is -1.83. The van der Waals surface area contributed by atoms with Crippen LogP contribution in [0.15, 0.2) is 35.6 Å². The van der Waals surface area contributed by atoms with E-state index in [0.29, 0.717) is 11.6 Å². The zero-order valence-corrected chi connectivity index (χ0v) is 8.08. The highest BCUT2D eigenvalue weighted by molar-refractivity contribution is 5.91. The molecule has 0 bridgehead atoms. The molecule has 1 aromatic carbocycles. The van der Waals surface area contributed by atoms with Crippen molar-refractivity contribution in [1.29, 1.82) is 0 Å². The maximum Gasteiger partial charge on any atom is 0.134 e. The van der Waals surface area contributed by atoms with E-state index in [2.05, 4.69) is 15.0 Å². The van der Waals surface area contributed by atoms with Crippen LogP contribution in [0, 0.1) is 0 Å². The predicted octanol–water partition coefficient (Wildman–Crippen LogP) is 3.19. The second-order valence-corrected chi connectivity index (χ2v) is 2.91. The van der Waals surface area contributed by atoms with E-state index >= 15 is 0 Å². The number of benzene rings is 1. The van der Waals surface area contributed by atoms with Crippen molar-refractivity contribution in [3.63, 3.8) is 0 Å². The summed E-state index contributed by atoms with van der Waals surface area (Å²) in [7, 11) is 1.59. The van der Waals surface area contributed by atoms with Crippen LogP contribution < -0.4 is 4.74 Å². The van der Waals surface area contributed by atoms with Crippen LogP contribution >= 0.6 is 0 Å². The first kappa shape index (κ1) is 9.30. The van der Waals surface area contributed by atoms with Gasteiger partial charge in [-0.05, 0) is 34.2 Å². The molecule has 0 amide bonds. The maximum absolute atomic E-state index is 8.39. The van der Waals surface area contributed by atoms with Crippen molar-refractivity contribution in [3.05, 3.63) is 40.9 Å². The van der Waals surface area contributed by atoms with Gasteiger partial charge < -0.3 is 4.74 Å². The van der Waals surface area contributed by atoms with Crippen LogP contribution in [0.4, 0.5) is 5.82 Å². The van der Waals surface area contributed by atoms with Crippen LogP contribution in [-0.2, 0) is 0 Å². The SMILES string of the molecule is COc1ccc2ccnc(N=[N+]=[N-])c2c1. The minimum atomic E-state index is 0.369. The molecule has 0 unspecified atom stereocenters. The highest BCUT2D eigenvalue weighted by Gasteiger charge is 2.01. The summed E-state index contributed by atoms with van der Waals surface area (Å²) in [4.78, 5) is 6.73. The summed E-state index contributed by atoms with van der Waals surface area (Å²) in [6.45, 7) is 0. The number of methoxy groups -OCH3 is 1. The van der Waals surface area contributed by atoms with Gasteiger partial charge in [-0.3, -0.25) is 4.98 Å². The summed E-state index contributed by atoms with van der Waals surface area (Å²) >= 11 is 0. The maximum atomic E-state index is 8.39. The van der Waals surface area contributed by atoms with Crippen molar-refractivity contribution < 1.29 is 4.74 Å². The number of aromatic nitrogens is 1. The summed E-state index contributed by atoms with van der Waals surface area (Å²) in [5, 5.41) is 5.28. The van der Waals surface area contributed by atoms with E-state index < -0.39 is 0 Å². The minimum Gasteiger partial charge on any atom is -0.497 e. The number of fused-ring (bicyclic) bond motifs is 1. The molecule has 0 saturated carbocycles. The molecule has 0 N–H and O–H groups in total. The van der Waals surface area contributed by atoms with Crippen LogP contribution in [0.2, 0.25) is 0 Å². The van der Waals surface area contributed by atoms with Gasteiger partial charge in [-0.1, -0.05) is 6.07 Å². The minimum absolute atomic E-state index is 0.369. The zero-order chi connectivity index (χ0) is 10.7. The van der Waals surface area contributed by atoms with Gasteiger partial charge in [0.2, 0.25) is 0 Å². The summed E-state index contributed by atoms with van der Waals surface area (Å²) in [6, 6.07) is 7.39. The molecule has 0 aliphatic carbocycles. The monoisotopic (exact) mass is 200 g/mol. The summed E-state index contributed by atoms with van der Waals surface area (Å²) in [5.74, 6) is 1.08. The van der Waals surface area contributed by atoms with Crippen molar-refractivity contribution in [2.45, 2.75) is 0 Å². The van der Waals surface area contributed by atoms with Gasteiger partial charge in [0.1, 0.15) is 11.6 Å². The zero-order valence-electron chi connectivity index (χ0n) is 8.08. The molecule has 0 aliphatic rings. The van der Waals surface area contributed by atoms with Crippen LogP contribution in [0.25, 0.3) is 21.2 Å². The molecule has 0 atom stereocenters. The van der Waals surface area contributed by atoms with E-state index in [4.69, 9.17) is 10.3 Å². The molecule has 1 aromatic heterocycles. The average Bonchev–Trinajstić information content (AvgIpc) is 2.29. The third-order valence-corrected chi connectivity index (χ3v) is 2.09. The van der Waals surface area contributed by atoms with Crippen LogP contribution in [-0.4, -0.2) is 12.1 Å². The molecule has 0 fully saturated rings. The molecule has 2 aromatic rings. The standard InChI is InChI=1S/C10H8N4O/c1-15-8-3-2-7-4-5-12-10(13-14-11)9(7)6-8/h2-6H,1H3. The Hall–Kier alpha value is -2.26. The number of hydrogen-bond acceptors (Lipinski definition) is 3. The molecule has 0 radical (unpaired) electrons. The van der Waals surface area contributed by atoms with Gasteiger partial charge in [0.15, 0.2) is 0 Å². The Balaban J connectivity index is 2.75. The van der Waals surface area contributed by atoms with Gasteiger partial charge in [-0.2, -0.15) is 0 Å². The highest BCUT2D eigenvalue weighted by Crippen LogP contribution is 2.27. The lowest BCUT2D eigenvalue weighted by molar-refractivity contribution is 0.415. The Labute approximate surface area is 85.9 Å². The fraction of sp³-hybridized carbons (Fsp3) is 0.100. The first-order valence-electron chi connectivity index (χ1n) is 4.33. The molecule has 1 heterocycles. The van der Waals surface area contributed by atoms with Gasteiger partial charge in [-0.15, -0.1) is 0 Å². The molecule has 0 aliphatic heterocycles. The normalized spacial score (nSPS) is 9.67. The first-order chi connectivity index (χ1) is 7.35. The van der Waals surface area contributed by atoms with E-state index in [1.165, 1.54) is 0 Å². The van der Waals surface area contributed by atoms with E-state index in [1.807, 2.05) is 18.2 Å². The van der Waals surface area contributed by atoms with E-state index in [0.717, 1.165) is 10.8 Å². The third-order valence-electron chi connectivity index (χ3n) is 2.09. The second kappa shape index (κ2) is 3.86. The molecular formula is C10H8N4O. The molecule has 74 valence electrons. The molecule has 2 rings (SSSR count). The van der Waals surface area contributed by atoms with Gasteiger partial charge in [0.05, 0.1) is 7.11 Å². The Morgan fingerprint density at radius 3 is 3.00 bits per heavy atom. The van der Waals surface area contributed by atoms with E-state index in [9.17, 15) is 0 Å². The predicted molar refractivity (Wildman–Crippen MR) is 57.1 cm³/mol. The fourth-order valence-electron chi connectivity index (χ4n) is 1.38. The van der Waals surface area contributed by atoms with Gasteiger partial charge >= 0.3 is 0 Å². The first-order valence-corrected chi connectivity index (χ1v) is 4.33. The molecular weight excluding hydrogens is 192 g/mol. The number of pyridine rings is 1. The third kappa shape index (κ3) is 1.68. The van der Waals surface area contributed by atoms with Crippen LogP contribution in [0.3, 0.4) is 0 Å². The Kier molecular flexibility index (Phi) is 2.39. The van der Waals surface area contributed by atoms with Crippen molar-refractivity contribution in [3.8, 4) is 5.75 Å². The van der Waals surface area contributed by atoms with Crippen molar-refractivity contribution in [1.82, 2.24) is 4.98 Å². The molecule has 0 spiro atoms. The summed E-state index contributed by atoms with van der Waals surface area (Å²) in [6.07, 6.45) is 1.61. The van der Waals surface area contributed by atoms with Gasteiger partial charge in [-0.25, -0.2) is 0 Å². The number of hydrogen-bond donors (Lipinski definition) is 0. The Morgan fingerprint density at radius 1 is 1.40 bits per heavy atom. The smallest absolute Gasteiger partial charge is 0.134 e. The molecule has 5 nitrogen and oxygen atoms in total. The topological polar surface area (TPSA) is 70.9 Å². The van der Waals surface area contributed by atoms with Crippen molar-refractivity contribution >= 4 is 16.6 Å². The number of azide groups is 1. The second-order valence-electron chi connectivity index (χ2n) is 2.91. The van der Waals surface area contributed by atoms with Crippen molar-refractivity contribution in [2.24, 2.45) is 5.11 Å².